The molecule has 0 aromatic heterocycles. The first kappa shape index (κ1) is 29.5. The van der Waals surface area contributed by atoms with Crippen LogP contribution in [0.2, 0.25) is 0 Å². The van der Waals surface area contributed by atoms with E-state index >= 15 is 0 Å². The Morgan fingerprint density at radius 3 is 1.91 bits per heavy atom. The predicted octanol–water partition coefficient (Wildman–Crippen LogP) is 9.02. The molecule has 33 heavy (non-hydrogen) atoms. The molecule has 11 heteroatoms. The van der Waals surface area contributed by atoms with E-state index in [2.05, 4.69) is 31.1 Å². The van der Waals surface area contributed by atoms with Crippen LogP contribution in [0.25, 0.3) is 10.6 Å². The second kappa shape index (κ2) is 18.5. The van der Waals surface area contributed by atoms with E-state index in [0.717, 1.165) is 76.7 Å². The van der Waals surface area contributed by atoms with Gasteiger partial charge in [-0.3, -0.25) is 5.11 Å². The van der Waals surface area contributed by atoms with Crippen molar-refractivity contribution in [1.82, 2.24) is 0 Å². The van der Waals surface area contributed by atoms with Crippen LogP contribution in [0.3, 0.4) is 0 Å². The molecule has 1 atom stereocenters. The minimum atomic E-state index is -0.722. The summed E-state index contributed by atoms with van der Waals surface area (Å²) >= 11 is 11.3. The van der Waals surface area contributed by atoms with Gasteiger partial charge >= 0.3 is 35.0 Å². The third-order valence-corrected chi connectivity index (χ3v) is 6.76. The normalized spacial score (nSPS) is 32.2. The summed E-state index contributed by atoms with van der Waals surface area (Å²) in [5.41, 5.74) is 0. The zero-order chi connectivity index (χ0) is 23.7. The zero-order valence-electron chi connectivity index (χ0n) is 18.9. The van der Waals surface area contributed by atoms with E-state index in [1.54, 1.807) is 0 Å². The molecule has 6 nitrogen and oxygen atoms in total. The number of hydrogen-bond donors (Lipinski definition) is 0. The molecule has 4 aliphatic rings. The van der Waals surface area contributed by atoms with Crippen molar-refractivity contribution in [1.29, 1.82) is 0 Å². The van der Waals surface area contributed by atoms with E-state index in [1.165, 1.54) is 12.8 Å². The van der Waals surface area contributed by atoms with Crippen LogP contribution in [-0.4, -0.2) is 42.1 Å². The average Bonchev–Trinajstić information content (AvgIpc) is 2.86. The maximum absolute atomic E-state index is 6.04. The Morgan fingerprint density at radius 1 is 0.788 bits per heavy atom. The van der Waals surface area contributed by atoms with Crippen molar-refractivity contribution in [2.75, 3.05) is 13.1 Å². The molecule has 1 saturated heterocycles. The molecular weight excluding hydrogens is 676 g/mol. The third kappa shape index (κ3) is 13.8. The molecule has 0 spiro atoms. The SMILES string of the molecule is ClC1CCC(N=NC2=CC=CC[N-]2)CC1.ClC1CCC(N=NC2CCCC[N-]2)CC1.[Cl][Re][Cl]. The van der Waals surface area contributed by atoms with Crippen molar-refractivity contribution >= 4 is 42.3 Å². The van der Waals surface area contributed by atoms with Gasteiger partial charge in [0.15, 0.2) is 0 Å². The Balaban J connectivity index is 0.000000209. The van der Waals surface area contributed by atoms with Gasteiger partial charge in [-0.1, -0.05) is 31.1 Å². The van der Waals surface area contributed by atoms with Crippen LogP contribution < -0.4 is 0 Å². The van der Waals surface area contributed by atoms with Crippen molar-refractivity contribution in [2.24, 2.45) is 20.5 Å². The Morgan fingerprint density at radius 2 is 1.39 bits per heavy atom. The van der Waals surface area contributed by atoms with Crippen molar-refractivity contribution in [2.45, 2.75) is 99.6 Å². The average molecular weight is 711 g/mol. The van der Waals surface area contributed by atoms with Crippen LogP contribution >= 0.6 is 42.3 Å². The first-order chi connectivity index (χ1) is 16.1. The molecule has 4 rings (SSSR count). The van der Waals surface area contributed by atoms with E-state index in [4.69, 9.17) is 42.3 Å². The van der Waals surface area contributed by atoms with Crippen LogP contribution in [0.4, 0.5) is 0 Å². The molecule has 0 bridgehead atoms. The van der Waals surface area contributed by atoms with Gasteiger partial charge in [0.05, 0.1) is 6.04 Å². The van der Waals surface area contributed by atoms with Gasteiger partial charge in [-0.15, -0.1) is 29.7 Å². The molecule has 0 aromatic rings. The summed E-state index contributed by atoms with van der Waals surface area (Å²) in [7, 11) is 9.83. The van der Waals surface area contributed by atoms with Crippen LogP contribution in [0.5, 0.6) is 0 Å². The molecule has 0 aromatic carbocycles. The Labute approximate surface area is 224 Å². The second-order valence-electron chi connectivity index (χ2n) is 8.49. The van der Waals surface area contributed by atoms with Crippen molar-refractivity contribution in [3.8, 4) is 0 Å². The molecule has 0 amide bonds. The summed E-state index contributed by atoms with van der Waals surface area (Å²) in [5, 5.41) is 26.6. The Bertz CT molecular complexity index is 626. The van der Waals surface area contributed by atoms with E-state index < -0.39 is 15.9 Å². The predicted molar refractivity (Wildman–Crippen MR) is 137 cm³/mol. The number of azo groups is 2. The van der Waals surface area contributed by atoms with E-state index in [1.807, 2.05) is 18.2 Å². The number of hydrogen-bond acceptors (Lipinski definition) is 4. The van der Waals surface area contributed by atoms with E-state index in [-0.39, 0.29) is 6.17 Å². The molecule has 2 aliphatic heterocycles. The molecule has 189 valence electrons. The molecule has 2 heterocycles. The quantitative estimate of drug-likeness (QED) is 0.206. The number of nitrogens with zero attached hydrogens (tertiary/aromatic N) is 6. The number of allylic oxidation sites excluding steroid dienone is 2. The Kier molecular flexibility index (Phi) is 16.6. The summed E-state index contributed by atoms with van der Waals surface area (Å²) < 4.78 is 0. The Hall–Kier alpha value is 0.262. The van der Waals surface area contributed by atoms with Crippen molar-refractivity contribution in [3.05, 3.63) is 34.7 Å². The topological polar surface area (TPSA) is 77.6 Å². The first-order valence-electron chi connectivity index (χ1n) is 11.8. The third-order valence-electron chi connectivity index (χ3n) is 5.89. The molecule has 2 aliphatic carbocycles. The summed E-state index contributed by atoms with van der Waals surface area (Å²) in [4.78, 5) is 0. The van der Waals surface area contributed by atoms with Gasteiger partial charge in [-0.2, -0.15) is 5.11 Å². The summed E-state index contributed by atoms with van der Waals surface area (Å²) in [6.07, 6.45) is 18.2. The monoisotopic (exact) mass is 709 g/mol. The molecule has 3 fully saturated rings. The summed E-state index contributed by atoms with van der Waals surface area (Å²) in [6, 6.07) is 0.763. The van der Waals surface area contributed by atoms with Crippen LogP contribution in [-0.2, 0) is 15.9 Å². The van der Waals surface area contributed by atoms with Gasteiger partial charge in [-0.25, -0.2) is 5.11 Å². The van der Waals surface area contributed by atoms with Gasteiger partial charge in [-0.05, 0) is 76.3 Å². The standard InChI is InChI=1S/C11H19ClN3.C11H15ClN3.2ClH.Re/c2*12-9-4-6-10(7-5-9)14-15-11-3-1-2-8-13-11;;;/h9-11H,1-8H2;1-3,9-10H,4-8H2;2*1H;/q2*-1;;;+2/p-2. The van der Waals surface area contributed by atoms with Gasteiger partial charge in [0.1, 0.15) is 0 Å². The summed E-state index contributed by atoms with van der Waals surface area (Å²) in [6.45, 7) is 1.69. The number of rotatable bonds is 4. The van der Waals surface area contributed by atoms with Gasteiger partial charge in [0.25, 0.3) is 0 Å². The molecule has 0 N–H and O–H groups in total. The van der Waals surface area contributed by atoms with Crippen LogP contribution in [0, 0.1) is 0 Å². The van der Waals surface area contributed by atoms with Gasteiger partial charge in [0, 0.05) is 16.8 Å². The van der Waals surface area contributed by atoms with Crippen LogP contribution in [0.1, 0.15) is 70.6 Å². The number of piperidine rings is 1. The fourth-order valence-electron chi connectivity index (χ4n) is 3.96. The fourth-order valence-corrected chi connectivity index (χ4v) is 4.46. The number of alkyl halides is 2. The molecule has 0 radical (unpaired) electrons. The van der Waals surface area contributed by atoms with E-state index in [0.29, 0.717) is 22.8 Å². The molecule has 2 saturated carbocycles. The second-order valence-corrected chi connectivity index (χ2v) is 13.6. The van der Waals surface area contributed by atoms with Gasteiger partial charge < -0.3 is 15.7 Å². The zero-order valence-corrected chi connectivity index (χ0v) is 24.6. The fraction of sp³-hybridized carbons (Fsp3) is 0.818. The minimum absolute atomic E-state index is 0.160. The van der Waals surface area contributed by atoms with Crippen molar-refractivity contribution in [3.63, 3.8) is 0 Å². The summed E-state index contributed by atoms with van der Waals surface area (Å²) in [5.74, 6) is 0.741. The van der Waals surface area contributed by atoms with Crippen LogP contribution in [0.15, 0.2) is 44.5 Å². The van der Waals surface area contributed by atoms with Crippen molar-refractivity contribution < 1.29 is 15.9 Å². The number of halogens is 4. The van der Waals surface area contributed by atoms with Gasteiger partial charge in [0.2, 0.25) is 0 Å². The molecular formula is C22H34Cl4N6Re-2. The maximum atomic E-state index is 6.04. The molecule has 1 unspecified atom stereocenters. The van der Waals surface area contributed by atoms with E-state index in [9.17, 15) is 0 Å². The first-order valence-corrected chi connectivity index (χ1v) is 19.4.